The summed E-state index contributed by atoms with van der Waals surface area (Å²) in [5.74, 6) is 2.00. The Labute approximate surface area is 202 Å². The summed E-state index contributed by atoms with van der Waals surface area (Å²) < 4.78 is 1.76. The van der Waals surface area contributed by atoms with E-state index >= 15 is 0 Å². The first kappa shape index (κ1) is 24.1. The molecule has 1 aliphatic rings. The van der Waals surface area contributed by atoms with Gasteiger partial charge in [-0.3, -0.25) is 9.48 Å². The molecule has 1 fully saturated rings. The molecule has 3 heterocycles. The van der Waals surface area contributed by atoms with Gasteiger partial charge in [0.25, 0.3) is 0 Å². The fraction of sp³-hybridized carbons (Fsp3) is 0.538. The van der Waals surface area contributed by atoms with Crippen molar-refractivity contribution in [3.63, 3.8) is 0 Å². The van der Waals surface area contributed by atoms with E-state index in [9.17, 15) is 4.79 Å². The van der Waals surface area contributed by atoms with Gasteiger partial charge in [-0.2, -0.15) is 5.10 Å². The second-order valence-corrected chi connectivity index (χ2v) is 9.65. The first-order chi connectivity index (χ1) is 16.4. The first-order valence-corrected chi connectivity index (χ1v) is 12.4. The van der Waals surface area contributed by atoms with Crippen molar-refractivity contribution >= 4 is 22.8 Å². The molecule has 1 amide bonds. The number of anilines is 1. The Hall–Kier alpha value is -3.00. The lowest BCUT2D eigenvalue weighted by atomic mass is 9.92. The number of rotatable bonds is 8. The predicted octanol–water partition coefficient (Wildman–Crippen LogP) is 3.51. The highest BCUT2D eigenvalue weighted by Crippen LogP contribution is 2.26. The molecule has 1 N–H and O–H groups in total. The molecule has 3 aromatic rings. The lowest BCUT2D eigenvalue weighted by Gasteiger charge is -2.36. The number of nitrogens with one attached hydrogen (secondary N) is 1. The predicted molar refractivity (Wildman–Crippen MR) is 136 cm³/mol. The maximum atomic E-state index is 13.0. The van der Waals surface area contributed by atoms with Crippen LogP contribution >= 0.6 is 0 Å². The van der Waals surface area contributed by atoms with E-state index in [2.05, 4.69) is 77.2 Å². The van der Waals surface area contributed by atoms with E-state index in [0.717, 1.165) is 36.4 Å². The van der Waals surface area contributed by atoms with Gasteiger partial charge in [0.2, 0.25) is 5.91 Å². The zero-order valence-corrected chi connectivity index (χ0v) is 21.0. The molecule has 0 saturated carbocycles. The fourth-order valence-corrected chi connectivity index (χ4v) is 4.68. The van der Waals surface area contributed by atoms with Gasteiger partial charge in [0.05, 0.1) is 18.1 Å². The molecule has 0 bridgehead atoms. The van der Waals surface area contributed by atoms with E-state index in [1.807, 2.05) is 18.1 Å². The van der Waals surface area contributed by atoms with E-state index < -0.39 is 0 Å². The van der Waals surface area contributed by atoms with Gasteiger partial charge in [-0.05, 0) is 29.4 Å². The number of amides is 1. The van der Waals surface area contributed by atoms with E-state index in [-0.39, 0.29) is 11.9 Å². The number of aromatic nitrogens is 4. The topological polar surface area (TPSA) is 79.2 Å². The van der Waals surface area contributed by atoms with Crippen LogP contribution in [0.5, 0.6) is 0 Å². The van der Waals surface area contributed by atoms with Crippen molar-refractivity contribution in [3.8, 4) is 0 Å². The lowest BCUT2D eigenvalue weighted by molar-refractivity contribution is -0.130. The molecule has 0 aliphatic carbocycles. The molecule has 2 unspecified atom stereocenters. The standard InChI is InChI=1S/C26H37N7O/c1-6-19(4)20-7-9-21(10-8-20)24(18(2)3)27-16-23(34)32-11-13-33(14-12-32)26-22-15-30-31(5)25(22)28-17-29-26/h7-10,15,17-19,24,27H,6,11-14,16H2,1-5H3. The minimum absolute atomic E-state index is 0.149. The Kier molecular flexibility index (Phi) is 7.46. The molecule has 2 aromatic heterocycles. The highest BCUT2D eigenvalue weighted by atomic mass is 16.2. The summed E-state index contributed by atoms with van der Waals surface area (Å²) in [4.78, 5) is 26.0. The molecule has 1 aromatic carbocycles. The van der Waals surface area contributed by atoms with Crippen LogP contribution in [0, 0.1) is 5.92 Å². The first-order valence-electron chi connectivity index (χ1n) is 12.4. The Balaban J connectivity index is 1.34. The SMILES string of the molecule is CCC(C)c1ccc(C(NCC(=O)N2CCN(c3ncnc4c3cnn4C)CC2)C(C)C)cc1. The molecular weight excluding hydrogens is 426 g/mol. The van der Waals surface area contributed by atoms with Crippen LogP contribution in [0.4, 0.5) is 5.82 Å². The second kappa shape index (κ2) is 10.5. The van der Waals surface area contributed by atoms with Gasteiger partial charge in [0.1, 0.15) is 12.1 Å². The second-order valence-electron chi connectivity index (χ2n) is 9.65. The fourth-order valence-electron chi connectivity index (χ4n) is 4.68. The quantitative estimate of drug-likeness (QED) is 0.551. The number of hydrogen-bond donors (Lipinski definition) is 1. The van der Waals surface area contributed by atoms with Crippen LogP contribution in [0.15, 0.2) is 36.8 Å². The molecule has 182 valence electrons. The maximum absolute atomic E-state index is 13.0. The zero-order valence-electron chi connectivity index (χ0n) is 21.0. The van der Waals surface area contributed by atoms with Gasteiger partial charge in [-0.1, -0.05) is 52.0 Å². The van der Waals surface area contributed by atoms with Crippen LogP contribution in [0.3, 0.4) is 0 Å². The zero-order chi connectivity index (χ0) is 24.2. The highest BCUT2D eigenvalue weighted by Gasteiger charge is 2.25. The molecule has 0 spiro atoms. The maximum Gasteiger partial charge on any atom is 0.236 e. The Morgan fingerprint density at radius 1 is 1.03 bits per heavy atom. The van der Waals surface area contributed by atoms with E-state index in [1.165, 1.54) is 11.1 Å². The Morgan fingerprint density at radius 2 is 1.71 bits per heavy atom. The third-order valence-corrected chi connectivity index (χ3v) is 7.06. The van der Waals surface area contributed by atoms with Crippen LogP contribution in [0.2, 0.25) is 0 Å². The normalized spacial score (nSPS) is 16.3. The number of fused-ring (bicyclic) bond motifs is 1. The van der Waals surface area contributed by atoms with Crippen molar-refractivity contribution in [2.75, 3.05) is 37.6 Å². The van der Waals surface area contributed by atoms with E-state index in [0.29, 0.717) is 31.5 Å². The molecule has 2 atom stereocenters. The largest absolute Gasteiger partial charge is 0.352 e. The van der Waals surface area contributed by atoms with Gasteiger partial charge in [-0.25, -0.2) is 9.97 Å². The Morgan fingerprint density at radius 3 is 2.35 bits per heavy atom. The van der Waals surface area contributed by atoms with Crippen LogP contribution in [0.25, 0.3) is 11.0 Å². The third-order valence-electron chi connectivity index (χ3n) is 7.06. The van der Waals surface area contributed by atoms with Crippen LogP contribution in [-0.2, 0) is 11.8 Å². The summed E-state index contributed by atoms with van der Waals surface area (Å²) in [7, 11) is 1.88. The molecule has 0 radical (unpaired) electrons. The number of hydrogen-bond acceptors (Lipinski definition) is 6. The monoisotopic (exact) mass is 463 g/mol. The number of piperazine rings is 1. The highest BCUT2D eigenvalue weighted by molar-refractivity contribution is 5.87. The number of carbonyl (C=O) groups excluding carboxylic acids is 1. The van der Waals surface area contributed by atoms with Crippen molar-refractivity contribution < 1.29 is 4.79 Å². The minimum Gasteiger partial charge on any atom is -0.352 e. The smallest absolute Gasteiger partial charge is 0.236 e. The average molecular weight is 464 g/mol. The number of nitrogens with zero attached hydrogens (tertiary/aromatic N) is 6. The lowest BCUT2D eigenvalue weighted by Crippen LogP contribution is -2.51. The van der Waals surface area contributed by atoms with Crippen LogP contribution in [-0.4, -0.2) is 63.3 Å². The summed E-state index contributed by atoms with van der Waals surface area (Å²) in [6, 6.07) is 9.03. The van der Waals surface area contributed by atoms with Crippen molar-refractivity contribution in [2.24, 2.45) is 13.0 Å². The molecular formula is C26H37N7O. The summed E-state index contributed by atoms with van der Waals surface area (Å²) in [5, 5.41) is 8.78. The Bertz CT molecular complexity index is 1100. The molecule has 8 nitrogen and oxygen atoms in total. The number of benzene rings is 1. The van der Waals surface area contributed by atoms with Crippen molar-refractivity contribution in [1.82, 2.24) is 30.0 Å². The van der Waals surface area contributed by atoms with Gasteiger partial charge < -0.3 is 15.1 Å². The van der Waals surface area contributed by atoms with Gasteiger partial charge in [0, 0.05) is 39.3 Å². The summed E-state index contributed by atoms with van der Waals surface area (Å²) in [6.45, 7) is 12.1. The van der Waals surface area contributed by atoms with Gasteiger partial charge in [-0.15, -0.1) is 0 Å². The van der Waals surface area contributed by atoms with Crippen LogP contribution in [0.1, 0.15) is 57.2 Å². The van der Waals surface area contributed by atoms with E-state index in [4.69, 9.17) is 0 Å². The number of aryl methyl sites for hydroxylation is 1. The summed E-state index contributed by atoms with van der Waals surface area (Å²) in [5.41, 5.74) is 3.43. The van der Waals surface area contributed by atoms with E-state index in [1.54, 1.807) is 11.0 Å². The van der Waals surface area contributed by atoms with Crippen LogP contribution < -0.4 is 10.2 Å². The van der Waals surface area contributed by atoms with Crippen molar-refractivity contribution in [3.05, 3.63) is 47.9 Å². The summed E-state index contributed by atoms with van der Waals surface area (Å²) in [6.07, 6.45) is 4.53. The molecule has 1 aliphatic heterocycles. The third kappa shape index (κ3) is 5.06. The molecule has 8 heteroatoms. The number of carbonyl (C=O) groups is 1. The van der Waals surface area contributed by atoms with Crippen molar-refractivity contribution in [1.29, 1.82) is 0 Å². The van der Waals surface area contributed by atoms with Crippen molar-refractivity contribution in [2.45, 2.75) is 46.1 Å². The minimum atomic E-state index is 0.149. The summed E-state index contributed by atoms with van der Waals surface area (Å²) >= 11 is 0. The molecule has 4 rings (SSSR count). The molecule has 34 heavy (non-hydrogen) atoms. The molecule has 1 saturated heterocycles. The van der Waals surface area contributed by atoms with Gasteiger partial charge in [0.15, 0.2) is 5.65 Å². The average Bonchev–Trinajstić information content (AvgIpc) is 3.24. The van der Waals surface area contributed by atoms with Gasteiger partial charge >= 0.3 is 0 Å².